The maximum atomic E-state index is 13.6. The van der Waals surface area contributed by atoms with E-state index < -0.39 is 0 Å². The third kappa shape index (κ3) is 4.20. The van der Waals surface area contributed by atoms with E-state index in [0.29, 0.717) is 18.1 Å². The quantitative estimate of drug-likeness (QED) is 0.411. The van der Waals surface area contributed by atoms with Crippen LogP contribution in [0.4, 0.5) is 4.79 Å². The van der Waals surface area contributed by atoms with Gasteiger partial charge in [-0.1, -0.05) is 54.1 Å². The van der Waals surface area contributed by atoms with Crippen molar-refractivity contribution in [2.24, 2.45) is 0 Å². The molecule has 1 N–H and O–H groups in total. The number of aromatic nitrogens is 1. The van der Waals surface area contributed by atoms with E-state index in [1.165, 1.54) is 0 Å². The highest BCUT2D eigenvalue weighted by atomic mass is 35.5. The van der Waals surface area contributed by atoms with Crippen LogP contribution in [-0.4, -0.2) is 22.6 Å². The minimum absolute atomic E-state index is 0.146. The summed E-state index contributed by atoms with van der Waals surface area (Å²) in [7, 11) is 1.64. The Morgan fingerprint density at radius 3 is 2.73 bits per heavy atom. The molecule has 1 unspecified atom stereocenters. The number of nitrogens with zero attached hydrogens (tertiary/aromatic N) is 2. The van der Waals surface area contributed by atoms with Crippen molar-refractivity contribution in [3.8, 4) is 11.4 Å². The number of benzene rings is 3. The molecule has 1 aliphatic rings. The molecule has 5 rings (SSSR count). The van der Waals surface area contributed by atoms with Crippen LogP contribution in [-0.2, 0) is 13.1 Å². The van der Waals surface area contributed by atoms with Gasteiger partial charge in [-0.15, -0.1) is 0 Å². The minimum Gasteiger partial charge on any atom is -0.497 e. The molecule has 0 bridgehead atoms. The monoisotopic (exact) mass is 457 g/mol. The third-order valence-corrected chi connectivity index (χ3v) is 6.20. The smallest absolute Gasteiger partial charge is 0.318 e. The summed E-state index contributed by atoms with van der Waals surface area (Å²) in [4.78, 5) is 15.5. The molecule has 5 nitrogen and oxygen atoms in total. The second-order valence-electron chi connectivity index (χ2n) is 8.03. The molecule has 2 heterocycles. The fourth-order valence-corrected chi connectivity index (χ4v) is 4.63. The van der Waals surface area contributed by atoms with Gasteiger partial charge < -0.3 is 19.5 Å². The van der Waals surface area contributed by atoms with Crippen molar-refractivity contribution in [1.29, 1.82) is 0 Å². The number of halogens is 1. The lowest BCUT2D eigenvalue weighted by Gasteiger charge is -2.31. The van der Waals surface area contributed by atoms with Crippen LogP contribution in [0.15, 0.2) is 91.1 Å². The van der Waals surface area contributed by atoms with Gasteiger partial charge in [-0.3, -0.25) is 0 Å². The SMILES string of the molecule is COc1cccc(CNC(=O)N2Cc3ccccc3-n3cccc3C2c2cccc(Cl)c2)c1. The molecule has 3 aromatic carbocycles. The number of carbonyl (C=O) groups is 1. The molecule has 1 aromatic heterocycles. The Morgan fingerprint density at radius 2 is 1.88 bits per heavy atom. The Hall–Kier alpha value is -3.70. The van der Waals surface area contributed by atoms with E-state index >= 15 is 0 Å². The predicted octanol–water partition coefficient (Wildman–Crippen LogP) is 5.95. The molecule has 0 aliphatic carbocycles. The summed E-state index contributed by atoms with van der Waals surface area (Å²) in [6, 6.07) is 27.3. The number of hydrogen-bond donors (Lipinski definition) is 1. The number of para-hydroxylation sites is 1. The first-order chi connectivity index (χ1) is 16.1. The van der Waals surface area contributed by atoms with Gasteiger partial charge in [-0.2, -0.15) is 0 Å². The molecule has 2 amide bonds. The zero-order valence-electron chi connectivity index (χ0n) is 18.2. The van der Waals surface area contributed by atoms with E-state index in [2.05, 4.69) is 28.1 Å². The summed E-state index contributed by atoms with van der Waals surface area (Å²) in [5.41, 5.74) is 5.11. The van der Waals surface area contributed by atoms with E-state index in [-0.39, 0.29) is 12.1 Å². The first kappa shape index (κ1) is 21.2. The largest absolute Gasteiger partial charge is 0.497 e. The van der Waals surface area contributed by atoms with Crippen molar-refractivity contribution in [3.05, 3.63) is 119 Å². The molecule has 0 fully saturated rings. The number of ether oxygens (including phenoxy) is 1. The Kier molecular flexibility index (Phi) is 5.80. The fourth-order valence-electron chi connectivity index (χ4n) is 4.43. The van der Waals surface area contributed by atoms with Gasteiger partial charge >= 0.3 is 6.03 Å². The van der Waals surface area contributed by atoms with Crippen molar-refractivity contribution in [1.82, 2.24) is 14.8 Å². The van der Waals surface area contributed by atoms with Gasteiger partial charge in [0.2, 0.25) is 0 Å². The predicted molar refractivity (Wildman–Crippen MR) is 130 cm³/mol. The van der Waals surface area contributed by atoms with Crippen molar-refractivity contribution >= 4 is 17.6 Å². The number of fused-ring (bicyclic) bond motifs is 3. The van der Waals surface area contributed by atoms with E-state index in [0.717, 1.165) is 33.8 Å². The van der Waals surface area contributed by atoms with Crippen LogP contribution in [0.2, 0.25) is 5.02 Å². The Bertz CT molecular complexity index is 1300. The molecule has 166 valence electrons. The van der Waals surface area contributed by atoms with Crippen molar-refractivity contribution in [2.75, 3.05) is 7.11 Å². The number of carbonyl (C=O) groups excluding carboxylic acids is 1. The van der Waals surface area contributed by atoms with Crippen LogP contribution in [0.5, 0.6) is 5.75 Å². The minimum atomic E-state index is -0.295. The number of hydrogen-bond acceptors (Lipinski definition) is 2. The van der Waals surface area contributed by atoms with Gasteiger partial charge in [0, 0.05) is 23.5 Å². The molecule has 0 saturated heterocycles. The van der Waals surface area contributed by atoms with Crippen LogP contribution < -0.4 is 10.1 Å². The number of urea groups is 1. The van der Waals surface area contributed by atoms with Gasteiger partial charge in [0.15, 0.2) is 0 Å². The van der Waals surface area contributed by atoms with E-state index in [9.17, 15) is 4.79 Å². The molecule has 0 spiro atoms. The molecular formula is C27H24ClN3O2. The van der Waals surface area contributed by atoms with Crippen molar-refractivity contribution in [2.45, 2.75) is 19.1 Å². The molecule has 4 aromatic rings. The number of nitrogens with one attached hydrogen (secondary N) is 1. The molecule has 6 heteroatoms. The van der Waals surface area contributed by atoms with E-state index in [1.54, 1.807) is 7.11 Å². The Balaban J connectivity index is 1.54. The third-order valence-electron chi connectivity index (χ3n) is 5.97. The maximum Gasteiger partial charge on any atom is 0.318 e. The standard InChI is InChI=1S/C27H24ClN3O2/c1-33-23-11-4-7-19(15-23)17-29-27(32)31-18-21-8-2-3-12-24(21)30-14-6-13-25(30)26(31)20-9-5-10-22(28)16-20/h2-16,26H,17-18H2,1H3,(H,29,32). The normalized spacial score (nSPS) is 14.7. The summed E-state index contributed by atoms with van der Waals surface area (Å²) >= 11 is 6.35. The molecule has 1 atom stereocenters. The van der Waals surface area contributed by atoms with E-state index in [4.69, 9.17) is 16.3 Å². The second kappa shape index (κ2) is 9.04. The number of rotatable bonds is 4. The first-order valence-electron chi connectivity index (χ1n) is 10.8. The topological polar surface area (TPSA) is 46.5 Å². The van der Waals surface area contributed by atoms with Crippen LogP contribution >= 0.6 is 11.6 Å². The molecule has 0 saturated carbocycles. The summed E-state index contributed by atoms with van der Waals surface area (Å²) in [5, 5.41) is 3.75. The number of methoxy groups -OCH3 is 1. The van der Waals surface area contributed by atoms with Gasteiger partial charge in [0.1, 0.15) is 5.75 Å². The highest BCUT2D eigenvalue weighted by Gasteiger charge is 2.32. The lowest BCUT2D eigenvalue weighted by Crippen LogP contribution is -2.41. The van der Waals surface area contributed by atoms with Crippen molar-refractivity contribution in [3.63, 3.8) is 0 Å². The highest BCUT2D eigenvalue weighted by Crippen LogP contribution is 2.37. The summed E-state index contributed by atoms with van der Waals surface area (Å²) in [5.74, 6) is 0.764. The van der Waals surface area contributed by atoms with Gasteiger partial charge in [0.05, 0.1) is 25.4 Å². The second-order valence-corrected chi connectivity index (χ2v) is 8.46. The van der Waals surface area contributed by atoms with Crippen LogP contribution in [0.1, 0.15) is 28.4 Å². The fraction of sp³-hybridized carbons (Fsp3) is 0.148. The van der Waals surface area contributed by atoms with E-state index in [1.807, 2.05) is 77.8 Å². The lowest BCUT2D eigenvalue weighted by atomic mass is 10.0. The zero-order valence-corrected chi connectivity index (χ0v) is 19.0. The molecular weight excluding hydrogens is 434 g/mol. The van der Waals surface area contributed by atoms with Crippen LogP contribution in [0.3, 0.4) is 0 Å². The molecule has 33 heavy (non-hydrogen) atoms. The molecule has 1 aliphatic heterocycles. The van der Waals surface area contributed by atoms with Crippen molar-refractivity contribution < 1.29 is 9.53 Å². The van der Waals surface area contributed by atoms with Gasteiger partial charge in [-0.25, -0.2) is 4.79 Å². The average molecular weight is 458 g/mol. The summed E-state index contributed by atoms with van der Waals surface area (Å²) in [6.45, 7) is 0.871. The highest BCUT2D eigenvalue weighted by molar-refractivity contribution is 6.30. The average Bonchev–Trinajstić information content (AvgIpc) is 3.27. The van der Waals surface area contributed by atoms with Gasteiger partial charge in [-0.05, 0) is 59.2 Å². The first-order valence-corrected chi connectivity index (χ1v) is 11.2. The summed E-state index contributed by atoms with van der Waals surface area (Å²) in [6.07, 6.45) is 2.05. The van der Waals surface area contributed by atoms with Crippen LogP contribution in [0.25, 0.3) is 5.69 Å². The maximum absolute atomic E-state index is 13.6. The zero-order chi connectivity index (χ0) is 22.8. The Labute approximate surface area is 198 Å². The Morgan fingerprint density at radius 1 is 1.03 bits per heavy atom. The summed E-state index contributed by atoms with van der Waals surface area (Å²) < 4.78 is 7.47. The van der Waals surface area contributed by atoms with Crippen LogP contribution in [0, 0.1) is 0 Å². The van der Waals surface area contributed by atoms with Gasteiger partial charge in [0.25, 0.3) is 0 Å². The molecule has 0 radical (unpaired) electrons. The number of amides is 2. The lowest BCUT2D eigenvalue weighted by molar-refractivity contribution is 0.180.